The van der Waals surface area contributed by atoms with Crippen molar-refractivity contribution in [3.63, 3.8) is 0 Å². The van der Waals surface area contributed by atoms with Gasteiger partial charge in [-0.25, -0.2) is 9.69 Å². The van der Waals surface area contributed by atoms with Crippen LogP contribution in [-0.4, -0.2) is 30.6 Å². The Balaban J connectivity index is 2.02. The van der Waals surface area contributed by atoms with Crippen molar-refractivity contribution in [1.82, 2.24) is 5.32 Å². The third-order valence-corrected chi connectivity index (χ3v) is 4.99. The lowest BCUT2D eigenvalue weighted by Gasteiger charge is -2.26. The molecule has 9 heteroatoms. The molecule has 1 fully saturated rings. The van der Waals surface area contributed by atoms with Gasteiger partial charge in [0, 0.05) is 4.47 Å². The molecular formula is C22H20BrClN2O5. The summed E-state index contributed by atoms with van der Waals surface area (Å²) in [7, 11) is 0. The maximum absolute atomic E-state index is 13.0. The van der Waals surface area contributed by atoms with Crippen molar-refractivity contribution >= 4 is 57.1 Å². The van der Waals surface area contributed by atoms with Gasteiger partial charge in [-0.15, -0.1) is 0 Å². The lowest BCUT2D eigenvalue weighted by Crippen LogP contribution is -2.54. The number of ether oxygens (including phenoxy) is 2. The summed E-state index contributed by atoms with van der Waals surface area (Å²) in [5.41, 5.74) is 0.574. The van der Waals surface area contributed by atoms with E-state index in [2.05, 4.69) is 21.2 Å². The summed E-state index contributed by atoms with van der Waals surface area (Å²) in [6, 6.07) is 8.95. The number of rotatable bonds is 6. The Morgan fingerprint density at radius 1 is 1.16 bits per heavy atom. The van der Waals surface area contributed by atoms with Crippen molar-refractivity contribution in [2.24, 2.45) is 0 Å². The third kappa shape index (κ3) is 5.08. The normalized spacial score (nSPS) is 15.5. The number of imide groups is 2. The zero-order valence-electron chi connectivity index (χ0n) is 17.1. The van der Waals surface area contributed by atoms with Crippen LogP contribution in [0, 0.1) is 0 Å². The smallest absolute Gasteiger partial charge is 0.335 e. The van der Waals surface area contributed by atoms with Crippen LogP contribution in [0.25, 0.3) is 6.08 Å². The summed E-state index contributed by atoms with van der Waals surface area (Å²) in [6.45, 7) is 5.91. The molecule has 162 valence electrons. The molecule has 0 aromatic heterocycles. The fourth-order valence-corrected chi connectivity index (χ4v) is 3.46. The first-order valence-electron chi connectivity index (χ1n) is 9.51. The maximum Gasteiger partial charge on any atom is 0.335 e. The second kappa shape index (κ2) is 9.53. The van der Waals surface area contributed by atoms with Crippen LogP contribution in [0.15, 0.2) is 46.4 Å². The van der Waals surface area contributed by atoms with Crippen molar-refractivity contribution in [2.75, 3.05) is 11.5 Å². The number of carbonyl (C=O) groups is 3. The molecule has 0 atom stereocenters. The molecule has 0 unspecified atom stereocenters. The highest BCUT2D eigenvalue weighted by atomic mass is 79.9. The second-order valence-corrected chi connectivity index (χ2v) is 8.19. The first-order chi connectivity index (χ1) is 14.7. The fraction of sp³-hybridized carbons (Fsp3) is 0.227. The number of urea groups is 1. The van der Waals surface area contributed by atoms with E-state index in [9.17, 15) is 14.4 Å². The Hall–Kier alpha value is -2.84. The largest absolute Gasteiger partial charge is 0.490 e. The fourth-order valence-electron chi connectivity index (χ4n) is 2.93. The summed E-state index contributed by atoms with van der Waals surface area (Å²) in [5.74, 6) is -0.764. The Kier molecular flexibility index (Phi) is 7.02. The van der Waals surface area contributed by atoms with Crippen molar-refractivity contribution in [1.29, 1.82) is 0 Å². The molecule has 0 radical (unpaired) electrons. The Labute approximate surface area is 193 Å². The first kappa shape index (κ1) is 22.8. The van der Waals surface area contributed by atoms with E-state index in [1.165, 1.54) is 6.08 Å². The molecule has 0 aliphatic carbocycles. The highest BCUT2D eigenvalue weighted by Gasteiger charge is 2.36. The Morgan fingerprint density at radius 3 is 2.45 bits per heavy atom. The van der Waals surface area contributed by atoms with Crippen LogP contribution in [0.3, 0.4) is 0 Å². The van der Waals surface area contributed by atoms with E-state index < -0.39 is 17.8 Å². The lowest BCUT2D eigenvalue weighted by atomic mass is 10.1. The summed E-state index contributed by atoms with van der Waals surface area (Å²) in [4.78, 5) is 38.7. The van der Waals surface area contributed by atoms with E-state index in [1.807, 2.05) is 20.8 Å². The van der Waals surface area contributed by atoms with E-state index in [0.717, 1.165) is 9.37 Å². The molecule has 31 heavy (non-hydrogen) atoms. The molecule has 2 aromatic carbocycles. The van der Waals surface area contributed by atoms with Crippen LogP contribution >= 0.6 is 27.5 Å². The zero-order valence-corrected chi connectivity index (χ0v) is 19.4. The van der Waals surface area contributed by atoms with Gasteiger partial charge in [-0.05, 0) is 68.8 Å². The van der Waals surface area contributed by atoms with Crippen molar-refractivity contribution in [3.8, 4) is 11.5 Å². The first-order valence-corrected chi connectivity index (χ1v) is 10.7. The monoisotopic (exact) mass is 506 g/mol. The minimum Gasteiger partial charge on any atom is -0.490 e. The van der Waals surface area contributed by atoms with Crippen molar-refractivity contribution in [2.45, 2.75) is 26.9 Å². The van der Waals surface area contributed by atoms with Crippen LogP contribution < -0.4 is 19.7 Å². The summed E-state index contributed by atoms with van der Waals surface area (Å²) in [5, 5.41) is 2.47. The minimum atomic E-state index is -0.816. The summed E-state index contributed by atoms with van der Waals surface area (Å²) < 4.78 is 12.1. The summed E-state index contributed by atoms with van der Waals surface area (Å²) in [6.07, 6.45) is 1.24. The van der Waals surface area contributed by atoms with Crippen LogP contribution in [0.5, 0.6) is 11.5 Å². The van der Waals surface area contributed by atoms with Crippen LogP contribution in [0.4, 0.5) is 10.5 Å². The van der Waals surface area contributed by atoms with Gasteiger partial charge in [-0.2, -0.15) is 0 Å². The van der Waals surface area contributed by atoms with E-state index in [-0.39, 0.29) is 16.7 Å². The average Bonchev–Trinajstić information content (AvgIpc) is 2.69. The van der Waals surface area contributed by atoms with Crippen LogP contribution in [0.1, 0.15) is 26.3 Å². The average molecular weight is 508 g/mol. The number of nitrogens with one attached hydrogen (secondary N) is 1. The van der Waals surface area contributed by atoms with Gasteiger partial charge < -0.3 is 9.47 Å². The van der Waals surface area contributed by atoms with Gasteiger partial charge in [-0.3, -0.25) is 14.9 Å². The van der Waals surface area contributed by atoms with Gasteiger partial charge >= 0.3 is 6.03 Å². The number of barbiturate groups is 1. The van der Waals surface area contributed by atoms with E-state index >= 15 is 0 Å². The predicted molar refractivity (Wildman–Crippen MR) is 122 cm³/mol. The van der Waals surface area contributed by atoms with Crippen LogP contribution in [-0.2, 0) is 9.59 Å². The molecule has 3 rings (SSSR count). The standard InChI is InChI=1S/C22H20BrClN2O5/c1-4-30-18-11-13(10-17(24)19(18)31-12(2)3)9-16-20(27)25-22(29)26(21(16)28)15-7-5-14(23)6-8-15/h5-12H,4H2,1-3H3,(H,25,27,29)/b16-9+. The van der Waals surface area contributed by atoms with E-state index in [1.54, 1.807) is 36.4 Å². The number of carbonyl (C=O) groups excluding carboxylic acids is 3. The van der Waals surface area contributed by atoms with Crippen molar-refractivity contribution in [3.05, 3.63) is 57.0 Å². The molecule has 0 saturated carbocycles. The van der Waals surface area contributed by atoms with Gasteiger partial charge in [0.25, 0.3) is 11.8 Å². The summed E-state index contributed by atoms with van der Waals surface area (Å²) >= 11 is 9.69. The third-order valence-electron chi connectivity index (χ3n) is 4.18. The SMILES string of the molecule is CCOc1cc(/C=C2\C(=O)NC(=O)N(c3ccc(Br)cc3)C2=O)cc(Cl)c1OC(C)C. The number of benzene rings is 2. The molecular weight excluding hydrogens is 488 g/mol. The van der Waals surface area contributed by atoms with E-state index in [4.69, 9.17) is 21.1 Å². The number of nitrogens with zero attached hydrogens (tertiary/aromatic N) is 1. The van der Waals surface area contributed by atoms with Gasteiger partial charge in [0.05, 0.1) is 23.4 Å². The molecule has 1 saturated heterocycles. The maximum atomic E-state index is 13.0. The topological polar surface area (TPSA) is 84.9 Å². The molecule has 0 spiro atoms. The number of amides is 4. The number of halogens is 2. The lowest BCUT2D eigenvalue weighted by molar-refractivity contribution is -0.122. The highest BCUT2D eigenvalue weighted by Crippen LogP contribution is 2.38. The Bertz CT molecular complexity index is 1070. The second-order valence-electron chi connectivity index (χ2n) is 6.86. The molecule has 2 aromatic rings. The molecule has 1 N–H and O–H groups in total. The molecule has 1 aliphatic rings. The van der Waals surface area contributed by atoms with Gasteiger partial charge in [0.2, 0.25) is 0 Å². The van der Waals surface area contributed by atoms with E-state index in [0.29, 0.717) is 29.4 Å². The number of hydrogen-bond acceptors (Lipinski definition) is 5. The molecule has 0 bridgehead atoms. The molecule has 7 nitrogen and oxygen atoms in total. The molecule has 4 amide bonds. The van der Waals surface area contributed by atoms with Crippen molar-refractivity contribution < 1.29 is 23.9 Å². The quantitative estimate of drug-likeness (QED) is 0.441. The number of anilines is 1. The Morgan fingerprint density at radius 2 is 1.84 bits per heavy atom. The molecule has 1 heterocycles. The number of hydrogen-bond donors (Lipinski definition) is 1. The van der Waals surface area contributed by atoms with Crippen LogP contribution in [0.2, 0.25) is 5.02 Å². The van der Waals surface area contributed by atoms with Gasteiger partial charge in [0.15, 0.2) is 11.5 Å². The van der Waals surface area contributed by atoms with Gasteiger partial charge in [-0.1, -0.05) is 27.5 Å². The zero-order chi connectivity index (χ0) is 22.7. The highest BCUT2D eigenvalue weighted by molar-refractivity contribution is 9.10. The predicted octanol–water partition coefficient (Wildman–Crippen LogP) is 4.95. The van der Waals surface area contributed by atoms with Gasteiger partial charge in [0.1, 0.15) is 5.57 Å². The minimum absolute atomic E-state index is 0.128. The molecule has 1 aliphatic heterocycles.